The second-order valence-electron chi connectivity index (χ2n) is 7.45. The number of para-hydroxylation sites is 1. The third-order valence-electron chi connectivity index (χ3n) is 5.57. The van der Waals surface area contributed by atoms with Crippen molar-refractivity contribution in [2.75, 3.05) is 49.5 Å². The molecule has 2 heterocycles. The maximum atomic E-state index is 4.94. The van der Waals surface area contributed by atoms with Gasteiger partial charge in [-0.1, -0.05) is 45.2 Å². The number of fused-ring (bicyclic) bond motifs is 1. The van der Waals surface area contributed by atoms with Crippen molar-refractivity contribution < 1.29 is 0 Å². The molecule has 0 saturated carbocycles. The second kappa shape index (κ2) is 10.5. The summed E-state index contributed by atoms with van der Waals surface area (Å²) in [6.07, 6.45) is 7.65. The quantitative estimate of drug-likeness (QED) is 0.692. The summed E-state index contributed by atoms with van der Waals surface area (Å²) in [7, 11) is 0. The van der Waals surface area contributed by atoms with Crippen LogP contribution in [-0.2, 0) is 0 Å². The van der Waals surface area contributed by atoms with Gasteiger partial charge in [-0.05, 0) is 51.0 Å². The Hall–Kier alpha value is -1.88. The SMILES string of the molecule is CCN(CC)CCCNc1nc(N2CCCCCCC2)c2ccccc2n1. The molecule has 1 fully saturated rings. The van der Waals surface area contributed by atoms with Crippen LogP contribution in [0.15, 0.2) is 24.3 Å². The fourth-order valence-corrected chi connectivity index (χ4v) is 3.88. The van der Waals surface area contributed by atoms with E-state index in [0.717, 1.165) is 63.0 Å². The lowest BCUT2D eigenvalue weighted by molar-refractivity contribution is 0.303. The van der Waals surface area contributed by atoms with Gasteiger partial charge < -0.3 is 15.1 Å². The first-order chi connectivity index (χ1) is 13.3. The van der Waals surface area contributed by atoms with Crippen LogP contribution in [0.5, 0.6) is 0 Å². The molecule has 5 heteroatoms. The number of benzene rings is 1. The summed E-state index contributed by atoms with van der Waals surface area (Å²) in [4.78, 5) is 14.6. The summed E-state index contributed by atoms with van der Waals surface area (Å²) in [5, 5.41) is 4.65. The summed E-state index contributed by atoms with van der Waals surface area (Å²) < 4.78 is 0. The van der Waals surface area contributed by atoms with Gasteiger partial charge in [0.05, 0.1) is 5.52 Å². The van der Waals surface area contributed by atoms with Crippen molar-refractivity contribution in [1.82, 2.24) is 14.9 Å². The van der Waals surface area contributed by atoms with Gasteiger partial charge in [0.2, 0.25) is 5.95 Å². The first kappa shape index (κ1) is 19.9. The molecule has 1 aromatic heterocycles. The summed E-state index contributed by atoms with van der Waals surface area (Å²) in [6.45, 7) is 10.9. The predicted molar refractivity (Wildman–Crippen MR) is 116 cm³/mol. The van der Waals surface area contributed by atoms with E-state index in [0.29, 0.717) is 0 Å². The van der Waals surface area contributed by atoms with Crippen LogP contribution in [0.4, 0.5) is 11.8 Å². The van der Waals surface area contributed by atoms with Gasteiger partial charge in [0.25, 0.3) is 0 Å². The number of rotatable bonds is 8. The average Bonchev–Trinajstić information content (AvgIpc) is 2.67. The van der Waals surface area contributed by atoms with Crippen molar-refractivity contribution >= 4 is 22.7 Å². The molecule has 5 nitrogen and oxygen atoms in total. The predicted octanol–water partition coefficient (Wildman–Crippen LogP) is 4.54. The minimum absolute atomic E-state index is 0.769. The van der Waals surface area contributed by atoms with Crippen molar-refractivity contribution in [1.29, 1.82) is 0 Å². The molecular formula is C22H35N5. The smallest absolute Gasteiger partial charge is 0.225 e. The molecule has 1 aliphatic rings. The summed E-state index contributed by atoms with van der Waals surface area (Å²) in [5.74, 6) is 1.87. The number of nitrogens with one attached hydrogen (secondary N) is 1. The van der Waals surface area contributed by atoms with E-state index in [-0.39, 0.29) is 0 Å². The number of aromatic nitrogens is 2. The van der Waals surface area contributed by atoms with Crippen molar-refractivity contribution in [3.63, 3.8) is 0 Å². The van der Waals surface area contributed by atoms with Crippen LogP contribution in [0, 0.1) is 0 Å². The molecule has 1 aromatic carbocycles. The van der Waals surface area contributed by atoms with Crippen molar-refractivity contribution in [2.45, 2.75) is 52.4 Å². The molecule has 0 unspecified atom stereocenters. The zero-order valence-electron chi connectivity index (χ0n) is 17.1. The molecule has 0 amide bonds. The van der Waals surface area contributed by atoms with Crippen molar-refractivity contribution in [3.05, 3.63) is 24.3 Å². The highest BCUT2D eigenvalue weighted by Gasteiger charge is 2.15. The van der Waals surface area contributed by atoms with E-state index >= 15 is 0 Å². The molecule has 1 N–H and O–H groups in total. The largest absolute Gasteiger partial charge is 0.356 e. The molecular weight excluding hydrogens is 334 g/mol. The van der Waals surface area contributed by atoms with Gasteiger partial charge in [0, 0.05) is 25.0 Å². The highest BCUT2D eigenvalue weighted by molar-refractivity contribution is 5.90. The fourth-order valence-electron chi connectivity index (χ4n) is 3.88. The molecule has 1 aliphatic heterocycles. The molecule has 0 bridgehead atoms. The first-order valence-corrected chi connectivity index (χ1v) is 10.8. The maximum absolute atomic E-state index is 4.94. The lowest BCUT2D eigenvalue weighted by atomic mass is 10.1. The van der Waals surface area contributed by atoms with Crippen LogP contribution in [0.2, 0.25) is 0 Å². The van der Waals surface area contributed by atoms with E-state index in [1.165, 1.54) is 37.5 Å². The molecule has 0 atom stereocenters. The lowest BCUT2D eigenvalue weighted by Gasteiger charge is -2.27. The fraction of sp³-hybridized carbons (Fsp3) is 0.636. The summed E-state index contributed by atoms with van der Waals surface area (Å²) in [6, 6.07) is 8.42. The number of hydrogen-bond acceptors (Lipinski definition) is 5. The third kappa shape index (κ3) is 5.55. The maximum Gasteiger partial charge on any atom is 0.225 e. The van der Waals surface area contributed by atoms with Gasteiger partial charge >= 0.3 is 0 Å². The Balaban J connectivity index is 1.74. The lowest BCUT2D eigenvalue weighted by Crippen LogP contribution is -2.28. The van der Waals surface area contributed by atoms with E-state index in [1.54, 1.807) is 0 Å². The van der Waals surface area contributed by atoms with Gasteiger partial charge in [-0.3, -0.25) is 0 Å². The zero-order chi connectivity index (χ0) is 18.9. The normalized spacial score (nSPS) is 15.7. The topological polar surface area (TPSA) is 44.3 Å². The van der Waals surface area contributed by atoms with E-state index in [4.69, 9.17) is 9.97 Å². The molecule has 0 spiro atoms. The Morgan fingerprint density at radius 3 is 2.41 bits per heavy atom. The van der Waals surface area contributed by atoms with E-state index < -0.39 is 0 Å². The summed E-state index contributed by atoms with van der Waals surface area (Å²) in [5.41, 5.74) is 1.04. The molecule has 2 aromatic rings. The van der Waals surface area contributed by atoms with Crippen LogP contribution < -0.4 is 10.2 Å². The second-order valence-corrected chi connectivity index (χ2v) is 7.45. The number of nitrogens with zero attached hydrogens (tertiary/aromatic N) is 4. The van der Waals surface area contributed by atoms with Gasteiger partial charge in [-0.2, -0.15) is 4.98 Å². The molecule has 1 saturated heterocycles. The van der Waals surface area contributed by atoms with Crippen LogP contribution >= 0.6 is 0 Å². The Bertz CT molecular complexity index is 690. The van der Waals surface area contributed by atoms with Crippen molar-refractivity contribution in [3.8, 4) is 0 Å². The Labute approximate surface area is 164 Å². The summed E-state index contributed by atoms with van der Waals surface area (Å²) >= 11 is 0. The molecule has 0 aliphatic carbocycles. The van der Waals surface area contributed by atoms with Gasteiger partial charge in [0.1, 0.15) is 5.82 Å². The zero-order valence-corrected chi connectivity index (χ0v) is 17.1. The highest BCUT2D eigenvalue weighted by atomic mass is 15.2. The molecule has 3 rings (SSSR count). The van der Waals surface area contributed by atoms with Crippen LogP contribution in [0.3, 0.4) is 0 Å². The average molecular weight is 370 g/mol. The number of anilines is 2. The van der Waals surface area contributed by atoms with Gasteiger partial charge in [0.15, 0.2) is 0 Å². The Morgan fingerprint density at radius 2 is 1.67 bits per heavy atom. The minimum Gasteiger partial charge on any atom is -0.356 e. The van der Waals surface area contributed by atoms with Gasteiger partial charge in [-0.25, -0.2) is 4.98 Å². The van der Waals surface area contributed by atoms with Crippen molar-refractivity contribution in [2.24, 2.45) is 0 Å². The molecule has 27 heavy (non-hydrogen) atoms. The molecule has 0 radical (unpaired) electrons. The minimum atomic E-state index is 0.769. The number of hydrogen-bond donors (Lipinski definition) is 1. The standard InChI is InChI=1S/C22H35N5/c1-3-26(4-2)16-12-15-23-22-24-20-14-9-8-13-19(20)21(25-22)27-17-10-6-5-7-11-18-27/h8-9,13-14H,3-7,10-12,15-18H2,1-2H3,(H,23,24,25). The molecule has 148 valence electrons. The van der Waals surface area contributed by atoms with Crippen LogP contribution in [0.25, 0.3) is 10.9 Å². The van der Waals surface area contributed by atoms with E-state index in [1.807, 2.05) is 0 Å². The van der Waals surface area contributed by atoms with E-state index in [9.17, 15) is 0 Å². The van der Waals surface area contributed by atoms with Crippen LogP contribution in [-0.4, -0.2) is 54.1 Å². The van der Waals surface area contributed by atoms with Crippen LogP contribution in [0.1, 0.15) is 52.4 Å². The monoisotopic (exact) mass is 369 g/mol. The first-order valence-electron chi connectivity index (χ1n) is 10.8. The van der Waals surface area contributed by atoms with Gasteiger partial charge in [-0.15, -0.1) is 0 Å². The van der Waals surface area contributed by atoms with E-state index in [2.05, 4.69) is 53.2 Å². The highest BCUT2D eigenvalue weighted by Crippen LogP contribution is 2.27. The Kier molecular flexibility index (Phi) is 7.69. The Morgan fingerprint density at radius 1 is 0.963 bits per heavy atom. The third-order valence-corrected chi connectivity index (χ3v) is 5.57.